The van der Waals surface area contributed by atoms with Crippen molar-refractivity contribution in [3.8, 4) is 0 Å². The summed E-state index contributed by atoms with van der Waals surface area (Å²) in [5.41, 5.74) is 5.89. The first kappa shape index (κ1) is 13.4. The van der Waals surface area contributed by atoms with Gasteiger partial charge in [0.25, 0.3) is 0 Å². The summed E-state index contributed by atoms with van der Waals surface area (Å²) in [7, 11) is 2.09. The van der Waals surface area contributed by atoms with E-state index in [1.165, 1.54) is 42.4 Å². The molecule has 0 bridgehead atoms. The van der Waals surface area contributed by atoms with Gasteiger partial charge in [0.2, 0.25) is 0 Å². The number of hydrogen-bond acceptors (Lipinski definition) is 1. The normalized spacial score (nSPS) is 18.4. The van der Waals surface area contributed by atoms with E-state index in [2.05, 4.69) is 60.9 Å². The van der Waals surface area contributed by atoms with Crippen LogP contribution in [0.3, 0.4) is 0 Å². The Kier molecular flexibility index (Phi) is 4.17. The second-order valence-electron chi connectivity index (χ2n) is 5.78. The lowest BCUT2D eigenvalue weighted by Crippen LogP contribution is -2.16. The Labute approximate surface area is 122 Å². The predicted octanol–water partition coefficient (Wildman–Crippen LogP) is 4.26. The summed E-state index contributed by atoms with van der Waals surface area (Å²) in [6.07, 6.45) is 6.18. The van der Waals surface area contributed by atoms with Crippen LogP contribution in [0, 0.1) is 0 Å². The molecule has 1 heteroatoms. The molecule has 1 atom stereocenters. The van der Waals surface area contributed by atoms with Crippen molar-refractivity contribution in [1.29, 1.82) is 0 Å². The molecule has 1 aliphatic carbocycles. The van der Waals surface area contributed by atoms with Gasteiger partial charge >= 0.3 is 0 Å². The van der Waals surface area contributed by atoms with Crippen molar-refractivity contribution in [3.63, 3.8) is 0 Å². The van der Waals surface area contributed by atoms with Gasteiger partial charge in [0.1, 0.15) is 0 Å². The summed E-state index contributed by atoms with van der Waals surface area (Å²) < 4.78 is 0. The summed E-state index contributed by atoms with van der Waals surface area (Å²) in [6.45, 7) is 0. The average Bonchev–Trinajstić information content (AvgIpc) is 2.70. The van der Waals surface area contributed by atoms with Gasteiger partial charge in [-0.15, -0.1) is 0 Å². The number of hydrogen-bond donors (Lipinski definition) is 1. The van der Waals surface area contributed by atoms with Gasteiger partial charge in [-0.25, -0.2) is 0 Å². The van der Waals surface area contributed by atoms with Gasteiger partial charge in [-0.1, -0.05) is 55.0 Å². The van der Waals surface area contributed by atoms with Crippen LogP contribution in [0.1, 0.15) is 47.6 Å². The molecule has 1 nitrogen and oxygen atoms in total. The van der Waals surface area contributed by atoms with Gasteiger partial charge in [-0.05, 0) is 55.0 Å². The van der Waals surface area contributed by atoms with Crippen LogP contribution >= 0.6 is 0 Å². The molecule has 2 aromatic rings. The highest BCUT2D eigenvalue weighted by atomic mass is 14.9. The zero-order chi connectivity index (χ0) is 13.8. The third kappa shape index (κ3) is 2.94. The Bertz CT molecular complexity index is 559. The molecule has 0 spiro atoms. The average molecular weight is 265 g/mol. The van der Waals surface area contributed by atoms with Crippen LogP contribution in [0.2, 0.25) is 0 Å². The molecule has 0 heterocycles. The zero-order valence-electron chi connectivity index (χ0n) is 12.2. The topological polar surface area (TPSA) is 12.0 Å². The van der Waals surface area contributed by atoms with Crippen molar-refractivity contribution >= 4 is 0 Å². The molecule has 0 radical (unpaired) electrons. The standard InChI is InChI=1S/C19H23N/c1-20-19-10-6-5-9-17-12-11-16(14-18(17)19)13-15-7-3-2-4-8-15/h2-4,7-8,11-12,14,19-20H,5-6,9-10,13H2,1H3. The largest absolute Gasteiger partial charge is 0.313 e. The molecule has 0 aliphatic heterocycles. The first-order chi connectivity index (χ1) is 9.86. The number of rotatable bonds is 3. The van der Waals surface area contributed by atoms with Gasteiger partial charge in [0, 0.05) is 6.04 Å². The van der Waals surface area contributed by atoms with Crippen LogP contribution in [0.4, 0.5) is 0 Å². The Morgan fingerprint density at radius 3 is 2.65 bits per heavy atom. The van der Waals surface area contributed by atoms with Gasteiger partial charge in [0.15, 0.2) is 0 Å². The van der Waals surface area contributed by atoms with E-state index < -0.39 is 0 Å². The number of nitrogens with one attached hydrogen (secondary N) is 1. The summed E-state index contributed by atoms with van der Waals surface area (Å²) in [6, 6.07) is 18.4. The zero-order valence-corrected chi connectivity index (χ0v) is 12.2. The minimum Gasteiger partial charge on any atom is -0.313 e. The first-order valence-electron chi connectivity index (χ1n) is 7.69. The van der Waals surface area contributed by atoms with Crippen molar-refractivity contribution in [2.75, 3.05) is 7.05 Å². The Balaban J connectivity index is 1.89. The SMILES string of the molecule is CNC1CCCCc2ccc(Cc3ccccc3)cc21. The fourth-order valence-corrected chi connectivity index (χ4v) is 3.26. The maximum absolute atomic E-state index is 3.49. The third-order valence-corrected chi connectivity index (χ3v) is 4.37. The molecule has 3 rings (SSSR count). The Hall–Kier alpha value is -1.60. The lowest BCUT2D eigenvalue weighted by Gasteiger charge is -2.18. The second-order valence-corrected chi connectivity index (χ2v) is 5.78. The maximum atomic E-state index is 3.49. The van der Waals surface area contributed by atoms with E-state index in [4.69, 9.17) is 0 Å². The summed E-state index contributed by atoms with van der Waals surface area (Å²) in [5.74, 6) is 0. The fraction of sp³-hybridized carbons (Fsp3) is 0.368. The molecule has 0 saturated carbocycles. The minimum absolute atomic E-state index is 0.531. The molecule has 0 fully saturated rings. The van der Waals surface area contributed by atoms with E-state index in [9.17, 15) is 0 Å². The number of benzene rings is 2. The third-order valence-electron chi connectivity index (χ3n) is 4.37. The van der Waals surface area contributed by atoms with Crippen LogP contribution in [0.25, 0.3) is 0 Å². The highest BCUT2D eigenvalue weighted by molar-refractivity contribution is 5.37. The Morgan fingerprint density at radius 2 is 1.85 bits per heavy atom. The molecule has 1 aliphatic rings. The Morgan fingerprint density at radius 1 is 1.00 bits per heavy atom. The highest BCUT2D eigenvalue weighted by Gasteiger charge is 2.17. The molecule has 2 aromatic carbocycles. The van der Waals surface area contributed by atoms with Crippen molar-refractivity contribution < 1.29 is 0 Å². The van der Waals surface area contributed by atoms with Gasteiger partial charge in [-0.3, -0.25) is 0 Å². The minimum atomic E-state index is 0.531. The van der Waals surface area contributed by atoms with Crippen molar-refractivity contribution in [2.24, 2.45) is 0 Å². The molecule has 0 amide bonds. The van der Waals surface area contributed by atoms with Crippen LogP contribution in [0.5, 0.6) is 0 Å². The number of aryl methyl sites for hydroxylation is 1. The van der Waals surface area contributed by atoms with Crippen LogP contribution < -0.4 is 5.32 Å². The van der Waals surface area contributed by atoms with E-state index in [0.29, 0.717) is 6.04 Å². The smallest absolute Gasteiger partial charge is 0.0320 e. The molecule has 1 N–H and O–H groups in total. The van der Waals surface area contributed by atoms with Crippen LogP contribution in [0.15, 0.2) is 48.5 Å². The van der Waals surface area contributed by atoms with Crippen LogP contribution in [-0.2, 0) is 12.8 Å². The number of fused-ring (bicyclic) bond motifs is 1. The molecular formula is C19H23N. The van der Waals surface area contributed by atoms with Crippen molar-refractivity contribution in [3.05, 3.63) is 70.8 Å². The van der Waals surface area contributed by atoms with E-state index in [0.717, 1.165) is 6.42 Å². The predicted molar refractivity (Wildman–Crippen MR) is 85.0 cm³/mol. The molecule has 104 valence electrons. The molecule has 1 unspecified atom stereocenters. The fourth-order valence-electron chi connectivity index (χ4n) is 3.26. The quantitative estimate of drug-likeness (QED) is 0.817. The van der Waals surface area contributed by atoms with E-state index in [1.807, 2.05) is 0 Å². The molecule has 20 heavy (non-hydrogen) atoms. The lowest BCUT2D eigenvalue weighted by atomic mass is 9.94. The summed E-state index contributed by atoms with van der Waals surface area (Å²) >= 11 is 0. The molecule has 0 aromatic heterocycles. The van der Waals surface area contributed by atoms with Crippen molar-refractivity contribution in [1.82, 2.24) is 5.32 Å². The van der Waals surface area contributed by atoms with Gasteiger partial charge < -0.3 is 5.32 Å². The monoisotopic (exact) mass is 265 g/mol. The molecule has 0 saturated heterocycles. The summed E-state index contributed by atoms with van der Waals surface area (Å²) in [5, 5.41) is 3.49. The van der Waals surface area contributed by atoms with E-state index >= 15 is 0 Å². The van der Waals surface area contributed by atoms with Gasteiger partial charge in [0.05, 0.1) is 0 Å². The van der Waals surface area contributed by atoms with E-state index in [-0.39, 0.29) is 0 Å². The molecular weight excluding hydrogens is 242 g/mol. The van der Waals surface area contributed by atoms with Crippen LogP contribution in [-0.4, -0.2) is 7.05 Å². The lowest BCUT2D eigenvalue weighted by molar-refractivity contribution is 0.533. The maximum Gasteiger partial charge on any atom is 0.0320 e. The van der Waals surface area contributed by atoms with Gasteiger partial charge in [-0.2, -0.15) is 0 Å². The van der Waals surface area contributed by atoms with E-state index in [1.54, 1.807) is 5.56 Å². The summed E-state index contributed by atoms with van der Waals surface area (Å²) in [4.78, 5) is 0. The van der Waals surface area contributed by atoms with Crippen molar-refractivity contribution in [2.45, 2.75) is 38.1 Å². The highest BCUT2D eigenvalue weighted by Crippen LogP contribution is 2.29. The second kappa shape index (κ2) is 6.23. The first-order valence-corrected chi connectivity index (χ1v) is 7.69.